The number of furan rings is 1. The van der Waals surface area contributed by atoms with Crippen LogP contribution in [0.1, 0.15) is 26.7 Å². The van der Waals surface area contributed by atoms with Crippen molar-refractivity contribution in [3.63, 3.8) is 0 Å². The number of hydrogen-bond donors (Lipinski definition) is 1. The predicted octanol–water partition coefficient (Wildman–Crippen LogP) is 4.12. The highest BCUT2D eigenvalue weighted by Gasteiger charge is 2.20. The SMILES string of the molecule is Cc1ccc(NC(=O)COC(=O)c2sc(-c3ccc(C)o3)nc2C)cc1. The van der Waals surface area contributed by atoms with Gasteiger partial charge in [-0.25, -0.2) is 9.78 Å². The van der Waals surface area contributed by atoms with Gasteiger partial charge in [0.1, 0.15) is 10.6 Å². The van der Waals surface area contributed by atoms with Crippen LogP contribution in [0.4, 0.5) is 5.69 Å². The summed E-state index contributed by atoms with van der Waals surface area (Å²) in [5, 5.41) is 3.28. The van der Waals surface area contributed by atoms with E-state index in [1.165, 1.54) is 11.3 Å². The van der Waals surface area contributed by atoms with Crippen molar-refractivity contribution < 1.29 is 18.7 Å². The summed E-state index contributed by atoms with van der Waals surface area (Å²) >= 11 is 1.18. The first-order valence-electron chi connectivity index (χ1n) is 8.00. The van der Waals surface area contributed by atoms with Crippen LogP contribution in [0.5, 0.6) is 0 Å². The van der Waals surface area contributed by atoms with Gasteiger partial charge in [0.25, 0.3) is 5.91 Å². The zero-order valence-electron chi connectivity index (χ0n) is 14.7. The van der Waals surface area contributed by atoms with E-state index in [1.807, 2.05) is 32.0 Å². The molecular weight excluding hydrogens is 352 g/mol. The van der Waals surface area contributed by atoms with Crippen molar-refractivity contribution in [2.24, 2.45) is 0 Å². The van der Waals surface area contributed by atoms with Gasteiger partial charge in [-0.15, -0.1) is 11.3 Å². The minimum atomic E-state index is -0.575. The van der Waals surface area contributed by atoms with Gasteiger partial charge in [0.15, 0.2) is 17.4 Å². The van der Waals surface area contributed by atoms with Gasteiger partial charge in [-0.2, -0.15) is 0 Å². The third-order valence-corrected chi connectivity index (χ3v) is 4.75. The van der Waals surface area contributed by atoms with Gasteiger partial charge >= 0.3 is 5.97 Å². The summed E-state index contributed by atoms with van der Waals surface area (Å²) in [6, 6.07) is 11.0. The van der Waals surface area contributed by atoms with Crippen LogP contribution in [0, 0.1) is 20.8 Å². The molecule has 3 rings (SSSR count). The summed E-state index contributed by atoms with van der Waals surface area (Å²) < 4.78 is 10.6. The first-order valence-corrected chi connectivity index (χ1v) is 8.82. The first kappa shape index (κ1) is 17.9. The van der Waals surface area contributed by atoms with Crippen LogP contribution >= 0.6 is 11.3 Å². The zero-order chi connectivity index (χ0) is 18.7. The fourth-order valence-corrected chi connectivity index (χ4v) is 3.19. The summed E-state index contributed by atoms with van der Waals surface area (Å²) in [4.78, 5) is 28.9. The molecule has 0 saturated heterocycles. The largest absolute Gasteiger partial charge is 0.459 e. The quantitative estimate of drug-likeness (QED) is 0.683. The Kier molecular flexibility index (Phi) is 5.18. The number of nitrogens with one attached hydrogen (secondary N) is 1. The van der Waals surface area contributed by atoms with Crippen LogP contribution < -0.4 is 5.32 Å². The van der Waals surface area contributed by atoms with E-state index in [9.17, 15) is 9.59 Å². The molecular formula is C19H18N2O4S. The molecule has 0 aliphatic carbocycles. The Labute approximate surface area is 154 Å². The van der Waals surface area contributed by atoms with Gasteiger partial charge in [-0.1, -0.05) is 17.7 Å². The Bertz CT molecular complexity index is 941. The number of rotatable bonds is 5. The van der Waals surface area contributed by atoms with E-state index in [2.05, 4.69) is 10.3 Å². The number of hydrogen-bond acceptors (Lipinski definition) is 6. The topological polar surface area (TPSA) is 81.4 Å². The number of esters is 1. The fraction of sp³-hybridized carbons (Fsp3) is 0.211. The smallest absolute Gasteiger partial charge is 0.350 e. The molecule has 7 heteroatoms. The Balaban J connectivity index is 1.60. The molecule has 2 aromatic heterocycles. The predicted molar refractivity (Wildman–Crippen MR) is 99.4 cm³/mol. The maximum Gasteiger partial charge on any atom is 0.350 e. The first-order chi connectivity index (χ1) is 12.4. The van der Waals surface area contributed by atoms with E-state index in [-0.39, 0.29) is 6.61 Å². The minimum absolute atomic E-state index is 0.359. The van der Waals surface area contributed by atoms with Crippen molar-refractivity contribution >= 4 is 28.9 Å². The van der Waals surface area contributed by atoms with Crippen LogP contribution in [0.3, 0.4) is 0 Å². The van der Waals surface area contributed by atoms with Crippen molar-refractivity contribution in [3.8, 4) is 10.8 Å². The molecule has 0 fully saturated rings. The average Bonchev–Trinajstić information content (AvgIpc) is 3.20. The second-order valence-corrected chi connectivity index (χ2v) is 6.83. The van der Waals surface area contributed by atoms with Crippen molar-refractivity contribution in [2.75, 3.05) is 11.9 Å². The van der Waals surface area contributed by atoms with E-state index in [0.717, 1.165) is 11.3 Å². The summed E-state index contributed by atoms with van der Waals surface area (Å²) in [6.45, 7) is 5.16. The molecule has 0 saturated carbocycles. The molecule has 0 bridgehead atoms. The number of nitrogens with zero attached hydrogens (tertiary/aromatic N) is 1. The van der Waals surface area contributed by atoms with E-state index in [4.69, 9.17) is 9.15 Å². The number of aryl methyl sites for hydroxylation is 3. The molecule has 0 spiro atoms. The van der Waals surface area contributed by atoms with Crippen LogP contribution in [-0.2, 0) is 9.53 Å². The molecule has 0 aliphatic heterocycles. The molecule has 2 heterocycles. The van der Waals surface area contributed by atoms with Crippen LogP contribution in [0.25, 0.3) is 10.8 Å². The number of amides is 1. The average molecular weight is 370 g/mol. The Morgan fingerprint density at radius 1 is 1.12 bits per heavy atom. The van der Waals surface area contributed by atoms with Gasteiger partial charge in [-0.05, 0) is 45.0 Å². The maximum absolute atomic E-state index is 12.3. The number of anilines is 1. The lowest BCUT2D eigenvalue weighted by Crippen LogP contribution is -2.20. The Morgan fingerprint density at radius 2 is 1.85 bits per heavy atom. The van der Waals surface area contributed by atoms with Gasteiger partial charge < -0.3 is 14.5 Å². The lowest BCUT2D eigenvalue weighted by atomic mass is 10.2. The number of ether oxygens (including phenoxy) is 1. The van der Waals surface area contributed by atoms with Crippen LogP contribution in [-0.4, -0.2) is 23.5 Å². The number of carbonyl (C=O) groups is 2. The standard InChI is InChI=1S/C19H18N2O4S/c1-11-4-7-14(8-5-11)21-16(22)10-24-19(23)17-13(3)20-18(26-17)15-9-6-12(2)25-15/h4-9H,10H2,1-3H3,(H,21,22). The highest BCUT2D eigenvalue weighted by atomic mass is 32.1. The molecule has 0 radical (unpaired) electrons. The maximum atomic E-state index is 12.3. The highest BCUT2D eigenvalue weighted by molar-refractivity contribution is 7.17. The van der Waals surface area contributed by atoms with E-state index >= 15 is 0 Å². The van der Waals surface area contributed by atoms with Gasteiger partial charge in [-0.3, -0.25) is 4.79 Å². The molecule has 1 N–H and O–H groups in total. The second kappa shape index (κ2) is 7.53. The molecule has 0 atom stereocenters. The monoisotopic (exact) mass is 370 g/mol. The molecule has 3 aromatic rings. The fourth-order valence-electron chi connectivity index (χ4n) is 2.27. The summed E-state index contributed by atoms with van der Waals surface area (Å²) in [7, 11) is 0. The summed E-state index contributed by atoms with van der Waals surface area (Å²) in [5.41, 5.74) is 2.29. The zero-order valence-corrected chi connectivity index (χ0v) is 15.5. The molecule has 26 heavy (non-hydrogen) atoms. The van der Waals surface area contributed by atoms with E-state index in [1.54, 1.807) is 25.1 Å². The molecule has 6 nitrogen and oxygen atoms in total. The van der Waals surface area contributed by atoms with Crippen LogP contribution in [0.2, 0.25) is 0 Å². The number of aromatic nitrogens is 1. The number of thiazole rings is 1. The van der Waals surface area contributed by atoms with Crippen LogP contribution in [0.15, 0.2) is 40.8 Å². The van der Waals surface area contributed by atoms with Crippen molar-refractivity contribution in [1.82, 2.24) is 4.98 Å². The second-order valence-electron chi connectivity index (χ2n) is 5.83. The van der Waals surface area contributed by atoms with E-state index in [0.29, 0.717) is 27.0 Å². The minimum Gasteiger partial charge on any atom is -0.459 e. The summed E-state index contributed by atoms with van der Waals surface area (Å²) in [6.07, 6.45) is 0. The number of benzene rings is 1. The molecule has 1 aromatic carbocycles. The normalized spacial score (nSPS) is 10.6. The molecule has 1 amide bonds. The van der Waals surface area contributed by atoms with Gasteiger partial charge in [0, 0.05) is 5.69 Å². The third kappa shape index (κ3) is 4.18. The lowest BCUT2D eigenvalue weighted by Gasteiger charge is -2.06. The third-order valence-electron chi connectivity index (χ3n) is 3.60. The molecule has 0 unspecified atom stereocenters. The van der Waals surface area contributed by atoms with Gasteiger partial charge in [0.2, 0.25) is 0 Å². The summed E-state index contributed by atoms with van der Waals surface area (Å²) in [5.74, 6) is 0.399. The Hall–Kier alpha value is -2.93. The van der Waals surface area contributed by atoms with E-state index < -0.39 is 11.9 Å². The molecule has 0 aliphatic rings. The molecule has 134 valence electrons. The van der Waals surface area contributed by atoms with Crippen molar-refractivity contribution in [1.29, 1.82) is 0 Å². The van der Waals surface area contributed by atoms with Gasteiger partial charge in [0.05, 0.1) is 5.69 Å². The van der Waals surface area contributed by atoms with Crippen molar-refractivity contribution in [2.45, 2.75) is 20.8 Å². The lowest BCUT2D eigenvalue weighted by molar-refractivity contribution is -0.119. The Morgan fingerprint density at radius 3 is 2.50 bits per heavy atom. The highest BCUT2D eigenvalue weighted by Crippen LogP contribution is 2.29. The number of carbonyl (C=O) groups excluding carboxylic acids is 2. The van der Waals surface area contributed by atoms with Crippen molar-refractivity contribution in [3.05, 3.63) is 58.3 Å².